The molecule has 0 aliphatic carbocycles. The zero-order valence-electron chi connectivity index (χ0n) is 3.77. The van der Waals surface area contributed by atoms with Crippen LogP contribution in [-0.4, -0.2) is 27.0 Å². The molecule has 0 spiro atoms. The summed E-state index contributed by atoms with van der Waals surface area (Å²) < 4.78 is 0. The third-order valence-electron chi connectivity index (χ3n) is 0.509. The number of hydrogen-bond acceptors (Lipinski definition) is 4. The molecule has 0 unspecified atom stereocenters. The fraction of sp³-hybridized carbons (Fsp3) is 0. The van der Waals surface area contributed by atoms with Crippen LogP contribution in [0.3, 0.4) is 0 Å². The lowest BCUT2D eigenvalue weighted by molar-refractivity contribution is -0.108. The second-order valence-electron chi connectivity index (χ2n) is 0.959. The standard InChI is InChI=1S/C2H2N5O/c8-1-3-2-4-6-7-5-2/h1H,(H,4,5,6,7). The SMILES string of the molecule is O=C[N]c1nnn[nH]1. The fourth-order valence-electron chi connectivity index (χ4n) is 0.259. The lowest BCUT2D eigenvalue weighted by Crippen LogP contribution is -1.93. The summed E-state index contributed by atoms with van der Waals surface area (Å²) >= 11 is 0. The monoisotopic (exact) mass is 112 g/mol. The first-order valence-corrected chi connectivity index (χ1v) is 1.81. The van der Waals surface area contributed by atoms with Crippen molar-refractivity contribution in [1.29, 1.82) is 0 Å². The molecule has 0 saturated heterocycles. The molecule has 1 heterocycles. The van der Waals surface area contributed by atoms with Gasteiger partial charge in [-0.15, -0.1) is 0 Å². The van der Waals surface area contributed by atoms with Crippen LogP contribution in [0, 0.1) is 0 Å². The number of rotatable bonds is 2. The van der Waals surface area contributed by atoms with E-state index >= 15 is 0 Å². The number of carbonyl (C=O) groups excluding carboxylic acids is 1. The molecule has 6 nitrogen and oxygen atoms in total. The molecule has 1 rings (SSSR count). The first-order valence-electron chi connectivity index (χ1n) is 1.81. The Labute approximate surface area is 44.3 Å². The highest BCUT2D eigenvalue weighted by atomic mass is 16.1. The van der Waals surface area contributed by atoms with Crippen molar-refractivity contribution < 1.29 is 4.79 Å². The number of H-pyrrole nitrogens is 1. The van der Waals surface area contributed by atoms with Gasteiger partial charge in [0.2, 0.25) is 6.41 Å². The number of nitrogens with one attached hydrogen (secondary N) is 1. The van der Waals surface area contributed by atoms with Crippen LogP contribution in [-0.2, 0) is 4.79 Å². The van der Waals surface area contributed by atoms with E-state index in [1.54, 1.807) is 0 Å². The molecule has 6 heteroatoms. The third kappa shape index (κ3) is 0.780. The van der Waals surface area contributed by atoms with Crippen molar-refractivity contribution in [2.45, 2.75) is 0 Å². The van der Waals surface area contributed by atoms with E-state index < -0.39 is 0 Å². The minimum Gasteiger partial charge on any atom is -0.276 e. The van der Waals surface area contributed by atoms with Crippen molar-refractivity contribution in [3.8, 4) is 0 Å². The lowest BCUT2D eigenvalue weighted by atomic mass is 11.0. The number of aromatic amines is 1. The Morgan fingerprint density at radius 2 is 2.62 bits per heavy atom. The molecule has 1 aromatic rings. The van der Waals surface area contributed by atoms with E-state index in [0.717, 1.165) is 0 Å². The summed E-state index contributed by atoms with van der Waals surface area (Å²) in [6.07, 6.45) is 0.363. The van der Waals surface area contributed by atoms with Crippen molar-refractivity contribution in [2.75, 3.05) is 0 Å². The molecular weight excluding hydrogens is 110 g/mol. The van der Waals surface area contributed by atoms with Crippen LogP contribution in [0.25, 0.3) is 0 Å². The Morgan fingerprint density at radius 3 is 3.12 bits per heavy atom. The van der Waals surface area contributed by atoms with Crippen LogP contribution in [0.2, 0.25) is 0 Å². The highest BCUT2D eigenvalue weighted by molar-refractivity contribution is 5.52. The number of hydrogen-bond donors (Lipinski definition) is 1. The Hall–Kier alpha value is -1.46. The van der Waals surface area contributed by atoms with Gasteiger partial charge < -0.3 is 0 Å². The van der Waals surface area contributed by atoms with Gasteiger partial charge in [-0.1, -0.05) is 5.10 Å². The second-order valence-corrected chi connectivity index (χ2v) is 0.959. The largest absolute Gasteiger partial charge is 0.276 e. The Bertz CT molecular complexity index is 157. The second kappa shape index (κ2) is 2.01. The van der Waals surface area contributed by atoms with Gasteiger partial charge in [0.05, 0.1) is 0 Å². The van der Waals surface area contributed by atoms with Crippen molar-refractivity contribution in [2.24, 2.45) is 0 Å². The van der Waals surface area contributed by atoms with E-state index in [1.807, 2.05) is 0 Å². The summed E-state index contributed by atoms with van der Waals surface area (Å²) in [5.41, 5.74) is 0. The smallest absolute Gasteiger partial charge is 0.269 e. The molecule has 1 aromatic heterocycles. The first-order chi connectivity index (χ1) is 3.93. The highest BCUT2D eigenvalue weighted by Gasteiger charge is 1.91. The van der Waals surface area contributed by atoms with Gasteiger partial charge in [0.15, 0.2) is 0 Å². The maximum absolute atomic E-state index is 9.59. The molecule has 1 amide bonds. The minimum atomic E-state index is 0.125. The minimum absolute atomic E-state index is 0.125. The van der Waals surface area contributed by atoms with Crippen molar-refractivity contribution in [3.63, 3.8) is 0 Å². The highest BCUT2D eigenvalue weighted by Crippen LogP contribution is 1.83. The maximum Gasteiger partial charge on any atom is 0.269 e. The molecule has 1 radical (unpaired) electrons. The summed E-state index contributed by atoms with van der Waals surface area (Å²) in [5, 5.41) is 15.1. The molecule has 0 saturated carbocycles. The average Bonchev–Trinajstić information content (AvgIpc) is 2.19. The van der Waals surface area contributed by atoms with Crippen molar-refractivity contribution in [1.82, 2.24) is 25.9 Å². The van der Waals surface area contributed by atoms with Gasteiger partial charge in [0, 0.05) is 0 Å². The van der Waals surface area contributed by atoms with Gasteiger partial charge >= 0.3 is 0 Å². The zero-order chi connectivity index (χ0) is 5.82. The van der Waals surface area contributed by atoms with Gasteiger partial charge in [-0.2, -0.15) is 5.32 Å². The topological polar surface area (TPSA) is 85.6 Å². The Balaban J connectivity index is 2.62. The van der Waals surface area contributed by atoms with Gasteiger partial charge in [-0.25, -0.2) is 5.10 Å². The molecule has 0 aromatic carbocycles. The van der Waals surface area contributed by atoms with E-state index in [0.29, 0.717) is 6.41 Å². The van der Waals surface area contributed by atoms with Gasteiger partial charge in [-0.3, -0.25) is 4.79 Å². The van der Waals surface area contributed by atoms with Gasteiger partial charge in [-0.05, 0) is 10.4 Å². The molecule has 0 atom stereocenters. The lowest BCUT2D eigenvalue weighted by Gasteiger charge is -1.76. The normalized spacial score (nSPS) is 8.50. The predicted octanol–water partition coefficient (Wildman–Crippen LogP) is -1.41. The molecular formula is C2H2N5O. The van der Waals surface area contributed by atoms with E-state index in [4.69, 9.17) is 0 Å². The van der Waals surface area contributed by atoms with Gasteiger partial charge in [0.1, 0.15) is 0 Å². The van der Waals surface area contributed by atoms with Crippen LogP contribution < -0.4 is 5.32 Å². The Morgan fingerprint density at radius 1 is 1.75 bits per heavy atom. The first kappa shape index (κ1) is 4.69. The van der Waals surface area contributed by atoms with E-state index in [-0.39, 0.29) is 5.95 Å². The molecule has 8 heavy (non-hydrogen) atoms. The van der Waals surface area contributed by atoms with Crippen LogP contribution in [0.1, 0.15) is 0 Å². The summed E-state index contributed by atoms with van der Waals surface area (Å²) in [6, 6.07) is 0. The van der Waals surface area contributed by atoms with E-state index in [2.05, 4.69) is 25.9 Å². The van der Waals surface area contributed by atoms with Crippen LogP contribution in [0.15, 0.2) is 0 Å². The molecule has 0 aliphatic heterocycles. The number of tetrazole rings is 1. The number of nitrogens with zero attached hydrogens (tertiary/aromatic N) is 4. The molecule has 0 aliphatic rings. The van der Waals surface area contributed by atoms with Crippen LogP contribution in [0.5, 0.6) is 0 Å². The Kier molecular flexibility index (Phi) is 1.18. The van der Waals surface area contributed by atoms with E-state index in [1.165, 1.54) is 0 Å². The molecule has 1 N–H and O–H groups in total. The summed E-state index contributed by atoms with van der Waals surface area (Å²) in [4.78, 5) is 9.59. The van der Waals surface area contributed by atoms with Crippen molar-refractivity contribution in [3.05, 3.63) is 0 Å². The molecule has 0 bridgehead atoms. The third-order valence-corrected chi connectivity index (χ3v) is 0.509. The molecule has 0 fully saturated rings. The summed E-state index contributed by atoms with van der Waals surface area (Å²) in [6.45, 7) is 0. The van der Waals surface area contributed by atoms with Gasteiger partial charge in [0.25, 0.3) is 5.95 Å². The zero-order valence-corrected chi connectivity index (χ0v) is 3.77. The predicted molar refractivity (Wildman–Crippen MR) is 22.0 cm³/mol. The van der Waals surface area contributed by atoms with E-state index in [9.17, 15) is 4.79 Å². The van der Waals surface area contributed by atoms with Crippen LogP contribution >= 0.6 is 0 Å². The fourth-order valence-corrected chi connectivity index (χ4v) is 0.259. The maximum atomic E-state index is 9.59. The van der Waals surface area contributed by atoms with Crippen molar-refractivity contribution >= 4 is 12.4 Å². The van der Waals surface area contributed by atoms with Crippen LogP contribution in [0.4, 0.5) is 5.95 Å². The summed E-state index contributed by atoms with van der Waals surface area (Å²) in [7, 11) is 0. The summed E-state index contributed by atoms with van der Waals surface area (Å²) in [5.74, 6) is 0.125. The molecule has 41 valence electrons. The number of aromatic nitrogens is 4. The average molecular weight is 112 g/mol. The quantitative estimate of drug-likeness (QED) is 0.476. The number of amides is 1. The number of carbonyl (C=O) groups is 1.